The highest BCUT2D eigenvalue weighted by Gasteiger charge is 2.09. The van der Waals surface area contributed by atoms with Crippen molar-refractivity contribution in [1.29, 1.82) is 0 Å². The van der Waals surface area contributed by atoms with E-state index in [2.05, 4.69) is 19.7 Å². The van der Waals surface area contributed by atoms with Crippen molar-refractivity contribution >= 4 is 0 Å². The van der Waals surface area contributed by atoms with Crippen LogP contribution < -0.4 is 0 Å². The van der Waals surface area contributed by atoms with Crippen LogP contribution in [0.3, 0.4) is 0 Å². The first-order valence-electron chi connectivity index (χ1n) is 6.08. The van der Waals surface area contributed by atoms with Crippen molar-refractivity contribution in [2.24, 2.45) is 0 Å². The zero-order chi connectivity index (χ0) is 13.3. The lowest BCUT2D eigenvalue weighted by Gasteiger charge is -2.19. The highest BCUT2D eigenvalue weighted by molar-refractivity contribution is 4.91. The minimum absolute atomic E-state index is 0.189. The largest absolute Gasteiger partial charge is 0.352 e. The maximum absolute atomic E-state index is 5.67. The molecule has 98 valence electrons. The average Bonchev–Trinajstić information content (AvgIpc) is 2.15. The topological polar surface area (TPSA) is 18.5 Å². The van der Waals surface area contributed by atoms with Gasteiger partial charge in [-0.15, -0.1) is 13.2 Å². The highest BCUT2D eigenvalue weighted by atomic mass is 16.7. The summed E-state index contributed by atoms with van der Waals surface area (Å²) >= 11 is 0. The van der Waals surface area contributed by atoms with Crippen molar-refractivity contribution in [3.8, 4) is 0 Å². The summed E-state index contributed by atoms with van der Waals surface area (Å²) in [5, 5.41) is 0. The van der Waals surface area contributed by atoms with Gasteiger partial charge in [-0.3, -0.25) is 0 Å². The summed E-state index contributed by atoms with van der Waals surface area (Å²) in [6.07, 6.45) is 2.30. The van der Waals surface area contributed by atoms with Crippen LogP contribution in [0.4, 0.5) is 0 Å². The fraction of sp³-hybridized carbons (Fsp3) is 0.600. The number of hydrogen-bond acceptors (Lipinski definition) is 2. The molecule has 0 amide bonds. The first-order chi connectivity index (χ1) is 7.91. The van der Waals surface area contributed by atoms with E-state index >= 15 is 0 Å². The Morgan fingerprint density at radius 1 is 0.824 bits per heavy atom. The zero-order valence-electron chi connectivity index (χ0n) is 11.6. The second kappa shape index (κ2) is 9.20. The van der Waals surface area contributed by atoms with Gasteiger partial charge in [-0.1, -0.05) is 23.3 Å². The molecule has 0 rings (SSSR count). The molecule has 17 heavy (non-hydrogen) atoms. The molecular weight excluding hydrogens is 212 g/mol. The molecule has 0 fully saturated rings. The first-order valence-corrected chi connectivity index (χ1v) is 6.08. The Balaban J connectivity index is 3.91. The minimum Gasteiger partial charge on any atom is -0.352 e. The van der Waals surface area contributed by atoms with E-state index in [1.165, 1.54) is 0 Å². The van der Waals surface area contributed by atoms with E-state index in [1.54, 1.807) is 0 Å². The molecule has 0 N–H and O–H groups in total. The molecule has 2 heteroatoms. The van der Waals surface area contributed by atoms with Crippen molar-refractivity contribution in [2.45, 2.75) is 46.3 Å². The van der Waals surface area contributed by atoms with Crippen molar-refractivity contribution < 1.29 is 9.47 Å². The normalized spacial score (nSPS) is 10.6. The molecule has 2 nitrogen and oxygen atoms in total. The standard InChI is InChI=1S/C15H26O2/c1-12(2)7-9-16-15(11-14(5)6)17-10-8-13(3)4/h15H,1,3,5,7-11H2,2,4,6H3. The van der Waals surface area contributed by atoms with Crippen LogP contribution in [0.15, 0.2) is 36.5 Å². The third kappa shape index (κ3) is 11.4. The van der Waals surface area contributed by atoms with E-state index < -0.39 is 0 Å². The van der Waals surface area contributed by atoms with Gasteiger partial charge in [0.2, 0.25) is 0 Å². The van der Waals surface area contributed by atoms with Gasteiger partial charge in [0, 0.05) is 6.42 Å². The van der Waals surface area contributed by atoms with Gasteiger partial charge in [-0.25, -0.2) is 0 Å². The monoisotopic (exact) mass is 238 g/mol. The SMILES string of the molecule is C=C(C)CCOC(CC(=C)C)OCCC(=C)C. The van der Waals surface area contributed by atoms with Gasteiger partial charge in [0.1, 0.15) is 0 Å². The lowest BCUT2D eigenvalue weighted by Crippen LogP contribution is -2.19. The van der Waals surface area contributed by atoms with Gasteiger partial charge in [-0.05, 0) is 33.6 Å². The molecular formula is C15H26O2. The van der Waals surface area contributed by atoms with E-state index in [0.29, 0.717) is 13.2 Å². The molecule has 0 aliphatic carbocycles. The van der Waals surface area contributed by atoms with Crippen LogP contribution in [0.25, 0.3) is 0 Å². The van der Waals surface area contributed by atoms with Crippen LogP contribution in [0, 0.1) is 0 Å². The van der Waals surface area contributed by atoms with Gasteiger partial charge < -0.3 is 9.47 Å². The quantitative estimate of drug-likeness (QED) is 0.418. The molecule has 0 saturated heterocycles. The molecule has 0 atom stereocenters. The van der Waals surface area contributed by atoms with Crippen LogP contribution in [0.1, 0.15) is 40.0 Å². The molecule has 0 aromatic carbocycles. The van der Waals surface area contributed by atoms with E-state index in [-0.39, 0.29) is 6.29 Å². The average molecular weight is 238 g/mol. The Kier molecular flexibility index (Phi) is 8.73. The summed E-state index contributed by atoms with van der Waals surface area (Å²) in [7, 11) is 0. The minimum atomic E-state index is -0.189. The lowest BCUT2D eigenvalue weighted by molar-refractivity contribution is -0.139. The van der Waals surface area contributed by atoms with E-state index in [4.69, 9.17) is 9.47 Å². The van der Waals surface area contributed by atoms with Crippen molar-refractivity contribution in [3.05, 3.63) is 36.5 Å². The predicted molar refractivity (Wildman–Crippen MR) is 74.0 cm³/mol. The third-order valence-corrected chi connectivity index (χ3v) is 2.18. The molecule has 0 spiro atoms. The van der Waals surface area contributed by atoms with Gasteiger partial charge in [0.15, 0.2) is 6.29 Å². The van der Waals surface area contributed by atoms with E-state index in [1.807, 2.05) is 20.8 Å². The van der Waals surface area contributed by atoms with E-state index in [9.17, 15) is 0 Å². The van der Waals surface area contributed by atoms with Crippen molar-refractivity contribution in [2.75, 3.05) is 13.2 Å². The second-order valence-electron chi connectivity index (χ2n) is 4.75. The van der Waals surface area contributed by atoms with Gasteiger partial charge in [-0.2, -0.15) is 0 Å². The van der Waals surface area contributed by atoms with Crippen LogP contribution in [0.5, 0.6) is 0 Å². The predicted octanol–water partition coefficient (Wildman–Crippen LogP) is 4.24. The number of rotatable bonds is 10. The summed E-state index contributed by atoms with van der Waals surface area (Å²) in [6.45, 7) is 18.9. The summed E-state index contributed by atoms with van der Waals surface area (Å²) in [5.74, 6) is 0. The highest BCUT2D eigenvalue weighted by Crippen LogP contribution is 2.11. The van der Waals surface area contributed by atoms with Gasteiger partial charge >= 0.3 is 0 Å². The lowest BCUT2D eigenvalue weighted by atomic mass is 10.2. The number of ether oxygens (including phenoxy) is 2. The van der Waals surface area contributed by atoms with Crippen LogP contribution >= 0.6 is 0 Å². The Labute approximate surface area is 106 Å². The molecule has 0 heterocycles. The van der Waals surface area contributed by atoms with Crippen LogP contribution in [-0.4, -0.2) is 19.5 Å². The summed E-state index contributed by atoms with van der Waals surface area (Å²) in [5.41, 5.74) is 3.32. The Morgan fingerprint density at radius 3 is 1.53 bits per heavy atom. The molecule has 0 radical (unpaired) electrons. The summed E-state index contributed by atoms with van der Waals surface area (Å²) in [6, 6.07) is 0. The van der Waals surface area contributed by atoms with Gasteiger partial charge in [0.05, 0.1) is 13.2 Å². The Morgan fingerprint density at radius 2 is 1.24 bits per heavy atom. The molecule has 0 bridgehead atoms. The molecule has 0 unspecified atom stereocenters. The molecule has 0 aliphatic rings. The maximum Gasteiger partial charge on any atom is 0.161 e. The molecule has 0 saturated carbocycles. The first kappa shape index (κ1) is 16.1. The van der Waals surface area contributed by atoms with Gasteiger partial charge in [0.25, 0.3) is 0 Å². The fourth-order valence-corrected chi connectivity index (χ4v) is 1.18. The maximum atomic E-state index is 5.67. The zero-order valence-corrected chi connectivity index (χ0v) is 11.6. The molecule has 0 aliphatic heterocycles. The fourth-order valence-electron chi connectivity index (χ4n) is 1.18. The smallest absolute Gasteiger partial charge is 0.161 e. The third-order valence-electron chi connectivity index (χ3n) is 2.18. The summed E-state index contributed by atoms with van der Waals surface area (Å²) < 4.78 is 11.3. The summed E-state index contributed by atoms with van der Waals surface area (Å²) in [4.78, 5) is 0. The van der Waals surface area contributed by atoms with Crippen LogP contribution in [-0.2, 0) is 9.47 Å². The van der Waals surface area contributed by atoms with Crippen LogP contribution in [0.2, 0.25) is 0 Å². The molecule has 0 aromatic heterocycles. The second-order valence-corrected chi connectivity index (χ2v) is 4.75. The van der Waals surface area contributed by atoms with E-state index in [0.717, 1.165) is 36.0 Å². The van der Waals surface area contributed by atoms with Crippen molar-refractivity contribution in [1.82, 2.24) is 0 Å². The van der Waals surface area contributed by atoms with Crippen molar-refractivity contribution in [3.63, 3.8) is 0 Å². The molecule has 0 aromatic rings. The Bertz CT molecular complexity index is 246. The Hall–Kier alpha value is -0.860. The number of hydrogen-bond donors (Lipinski definition) is 0.